The van der Waals surface area contributed by atoms with Crippen molar-refractivity contribution < 1.29 is 4.79 Å². The Morgan fingerprint density at radius 3 is 2.34 bits per heavy atom. The first-order chi connectivity index (χ1) is 14.0. The Balaban J connectivity index is 1.95. The normalized spacial score (nSPS) is 10.9. The SMILES string of the molecule is Cn1c(NC(=O)c2ccc(Cl)cc2)c(-c2cccc(Cl)c2)c(=O)c2ccccc21. The lowest BCUT2D eigenvalue weighted by molar-refractivity contribution is 0.102. The first kappa shape index (κ1) is 19.2. The third-order valence-electron chi connectivity index (χ3n) is 4.76. The summed E-state index contributed by atoms with van der Waals surface area (Å²) in [6.07, 6.45) is 0. The monoisotopic (exact) mass is 422 g/mol. The number of rotatable bonds is 3. The van der Waals surface area contributed by atoms with Gasteiger partial charge in [0.15, 0.2) is 5.43 Å². The van der Waals surface area contributed by atoms with Crippen LogP contribution < -0.4 is 10.7 Å². The van der Waals surface area contributed by atoms with Crippen molar-refractivity contribution in [3.63, 3.8) is 0 Å². The van der Waals surface area contributed by atoms with E-state index in [9.17, 15) is 9.59 Å². The fraction of sp³-hybridized carbons (Fsp3) is 0.0435. The van der Waals surface area contributed by atoms with E-state index in [0.29, 0.717) is 37.9 Å². The number of carbonyl (C=O) groups excluding carboxylic acids is 1. The van der Waals surface area contributed by atoms with Crippen LogP contribution in [0.4, 0.5) is 5.82 Å². The van der Waals surface area contributed by atoms with E-state index in [1.165, 1.54) is 0 Å². The standard InChI is InChI=1S/C23H16Cl2N2O2/c1-27-19-8-3-2-7-18(19)21(28)20(15-5-4-6-17(25)13-15)22(27)26-23(29)14-9-11-16(24)12-10-14/h2-13H,1H3,(H,26,29). The molecule has 144 valence electrons. The first-order valence-electron chi connectivity index (χ1n) is 8.90. The summed E-state index contributed by atoms with van der Waals surface area (Å²) < 4.78 is 1.81. The van der Waals surface area contributed by atoms with Gasteiger partial charge in [0.1, 0.15) is 5.82 Å². The number of halogens is 2. The molecule has 0 saturated heterocycles. The predicted molar refractivity (Wildman–Crippen MR) is 119 cm³/mol. The average molecular weight is 423 g/mol. The molecular weight excluding hydrogens is 407 g/mol. The molecule has 1 heterocycles. The number of nitrogens with zero attached hydrogens (tertiary/aromatic N) is 1. The van der Waals surface area contributed by atoms with Gasteiger partial charge in [0, 0.05) is 28.0 Å². The minimum absolute atomic E-state index is 0.174. The highest BCUT2D eigenvalue weighted by Crippen LogP contribution is 2.30. The van der Waals surface area contributed by atoms with Crippen LogP contribution in [0.1, 0.15) is 10.4 Å². The van der Waals surface area contributed by atoms with E-state index in [-0.39, 0.29) is 11.3 Å². The van der Waals surface area contributed by atoms with Gasteiger partial charge in [-0.3, -0.25) is 9.59 Å². The van der Waals surface area contributed by atoms with Crippen LogP contribution in [0, 0.1) is 0 Å². The topological polar surface area (TPSA) is 51.1 Å². The van der Waals surface area contributed by atoms with Gasteiger partial charge in [-0.2, -0.15) is 0 Å². The summed E-state index contributed by atoms with van der Waals surface area (Å²) in [6, 6.07) is 20.9. The van der Waals surface area contributed by atoms with E-state index < -0.39 is 0 Å². The highest BCUT2D eigenvalue weighted by Gasteiger charge is 2.19. The number of pyridine rings is 1. The molecule has 1 aromatic heterocycles. The van der Waals surface area contributed by atoms with E-state index >= 15 is 0 Å². The molecule has 1 amide bonds. The van der Waals surface area contributed by atoms with Crippen molar-refractivity contribution in [3.05, 3.63) is 98.6 Å². The Morgan fingerprint density at radius 2 is 1.62 bits per heavy atom. The van der Waals surface area contributed by atoms with Crippen LogP contribution in [0.3, 0.4) is 0 Å². The van der Waals surface area contributed by atoms with E-state index in [1.54, 1.807) is 59.2 Å². The summed E-state index contributed by atoms with van der Waals surface area (Å²) in [5, 5.41) is 4.52. The molecule has 0 atom stereocenters. The summed E-state index contributed by atoms with van der Waals surface area (Å²) in [7, 11) is 1.81. The van der Waals surface area contributed by atoms with Crippen LogP contribution in [0.5, 0.6) is 0 Å². The minimum atomic E-state index is -0.338. The zero-order valence-electron chi connectivity index (χ0n) is 15.4. The lowest BCUT2D eigenvalue weighted by Gasteiger charge is -2.18. The number of hydrogen-bond acceptors (Lipinski definition) is 2. The number of aromatic nitrogens is 1. The van der Waals surface area contributed by atoms with E-state index in [0.717, 1.165) is 5.52 Å². The number of aryl methyl sites for hydroxylation is 1. The first-order valence-corrected chi connectivity index (χ1v) is 9.66. The molecule has 1 N–H and O–H groups in total. The molecule has 4 aromatic rings. The van der Waals surface area contributed by atoms with Gasteiger partial charge in [-0.05, 0) is 54.1 Å². The maximum absolute atomic E-state index is 13.4. The lowest BCUT2D eigenvalue weighted by Crippen LogP contribution is -2.21. The Kier molecular flexibility index (Phi) is 5.14. The Bertz CT molecular complexity index is 1290. The molecule has 4 rings (SSSR count). The third kappa shape index (κ3) is 3.65. The number of nitrogens with one attached hydrogen (secondary N) is 1. The van der Waals surface area contributed by atoms with Crippen molar-refractivity contribution in [2.45, 2.75) is 0 Å². The molecule has 6 heteroatoms. The third-order valence-corrected chi connectivity index (χ3v) is 5.25. The maximum Gasteiger partial charge on any atom is 0.256 e. The van der Waals surface area contributed by atoms with Crippen LogP contribution >= 0.6 is 23.2 Å². The summed E-state index contributed by atoms with van der Waals surface area (Å²) in [4.78, 5) is 26.2. The highest BCUT2D eigenvalue weighted by molar-refractivity contribution is 6.31. The molecule has 0 aliphatic carbocycles. The van der Waals surface area contributed by atoms with Gasteiger partial charge in [-0.15, -0.1) is 0 Å². The average Bonchev–Trinajstić information content (AvgIpc) is 2.72. The highest BCUT2D eigenvalue weighted by atomic mass is 35.5. The van der Waals surface area contributed by atoms with Crippen molar-refractivity contribution in [2.75, 3.05) is 5.32 Å². The van der Waals surface area contributed by atoms with Gasteiger partial charge in [-0.25, -0.2) is 0 Å². The molecule has 3 aromatic carbocycles. The Hall–Kier alpha value is -3.08. The zero-order valence-corrected chi connectivity index (χ0v) is 17.0. The smallest absolute Gasteiger partial charge is 0.256 e. The molecule has 29 heavy (non-hydrogen) atoms. The van der Waals surface area contributed by atoms with Crippen LogP contribution in [-0.4, -0.2) is 10.5 Å². The molecule has 0 fully saturated rings. The summed E-state index contributed by atoms with van der Waals surface area (Å²) in [5.74, 6) is 0.0612. The number of hydrogen-bond donors (Lipinski definition) is 1. The van der Waals surface area contributed by atoms with Crippen molar-refractivity contribution in [2.24, 2.45) is 7.05 Å². The minimum Gasteiger partial charge on any atom is -0.330 e. The van der Waals surface area contributed by atoms with Crippen LogP contribution in [0.25, 0.3) is 22.0 Å². The summed E-state index contributed by atoms with van der Waals surface area (Å²) in [5.41, 5.74) is 2.00. The summed E-state index contributed by atoms with van der Waals surface area (Å²) in [6.45, 7) is 0. The second kappa shape index (κ2) is 7.74. The zero-order chi connectivity index (χ0) is 20.5. The van der Waals surface area contributed by atoms with E-state index in [1.807, 2.05) is 25.2 Å². The van der Waals surface area contributed by atoms with Crippen molar-refractivity contribution >= 4 is 45.8 Å². The molecule has 0 radical (unpaired) electrons. The van der Waals surface area contributed by atoms with Gasteiger partial charge in [-0.1, -0.05) is 47.5 Å². The number of anilines is 1. The number of amides is 1. The quantitative estimate of drug-likeness (QED) is 0.455. The molecule has 0 bridgehead atoms. The van der Waals surface area contributed by atoms with Crippen LogP contribution in [0.15, 0.2) is 77.6 Å². The molecule has 0 unspecified atom stereocenters. The molecule has 0 aliphatic rings. The van der Waals surface area contributed by atoms with Crippen LogP contribution in [0.2, 0.25) is 10.0 Å². The molecular formula is C23H16Cl2N2O2. The number of fused-ring (bicyclic) bond motifs is 1. The van der Waals surface area contributed by atoms with Gasteiger partial charge >= 0.3 is 0 Å². The largest absolute Gasteiger partial charge is 0.330 e. The number of benzene rings is 3. The van der Waals surface area contributed by atoms with E-state index in [4.69, 9.17) is 23.2 Å². The maximum atomic E-state index is 13.4. The lowest BCUT2D eigenvalue weighted by atomic mass is 10.0. The molecule has 0 aliphatic heterocycles. The molecule has 4 nitrogen and oxygen atoms in total. The number of para-hydroxylation sites is 1. The molecule has 0 saturated carbocycles. The van der Waals surface area contributed by atoms with Crippen molar-refractivity contribution in [1.29, 1.82) is 0 Å². The van der Waals surface area contributed by atoms with E-state index in [2.05, 4.69) is 5.32 Å². The van der Waals surface area contributed by atoms with Crippen LogP contribution in [-0.2, 0) is 7.05 Å². The Labute approximate surface area is 177 Å². The van der Waals surface area contributed by atoms with Gasteiger partial charge in [0.05, 0.1) is 11.1 Å². The predicted octanol–water partition coefficient (Wildman–Crippen LogP) is 5.76. The fourth-order valence-corrected chi connectivity index (χ4v) is 3.64. The fourth-order valence-electron chi connectivity index (χ4n) is 3.33. The van der Waals surface area contributed by atoms with Gasteiger partial charge in [0.2, 0.25) is 0 Å². The molecule has 0 spiro atoms. The summed E-state index contributed by atoms with van der Waals surface area (Å²) >= 11 is 12.1. The van der Waals surface area contributed by atoms with Gasteiger partial charge in [0.25, 0.3) is 5.91 Å². The second-order valence-corrected chi connectivity index (χ2v) is 7.47. The van der Waals surface area contributed by atoms with Crippen molar-refractivity contribution in [1.82, 2.24) is 4.57 Å². The van der Waals surface area contributed by atoms with Gasteiger partial charge < -0.3 is 9.88 Å². The number of carbonyl (C=O) groups is 1. The second-order valence-electron chi connectivity index (χ2n) is 6.60. The van der Waals surface area contributed by atoms with Crippen molar-refractivity contribution in [3.8, 4) is 11.1 Å². The Morgan fingerprint density at radius 1 is 0.897 bits per heavy atom.